The Labute approximate surface area is 73.3 Å². The lowest BCUT2D eigenvalue weighted by Gasteiger charge is -2.22. The van der Waals surface area contributed by atoms with Crippen LogP contribution >= 0.6 is 0 Å². The highest BCUT2D eigenvalue weighted by molar-refractivity contribution is 6.65. The molecule has 0 aliphatic carbocycles. The maximum atomic E-state index is 10.9. The van der Waals surface area contributed by atoms with Gasteiger partial charge in [0, 0.05) is 14.2 Å². The van der Waals surface area contributed by atoms with Crippen LogP contribution in [0.2, 0.25) is 6.55 Å². The number of rotatable bonds is 4. The van der Waals surface area contributed by atoms with Crippen LogP contribution < -0.4 is 4.98 Å². The largest absolute Gasteiger partial charge is 0.458 e. The summed E-state index contributed by atoms with van der Waals surface area (Å²) in [6.07, 6.45) is -0.504. The molecule has 1 amide bonds. The van der Waals surface area contributed by atoms with Crippen molar-refractivity contribution in [2.45, 2.75) is 13.5 Å². The van der Waals surface area contributed by atoms with E-state index in [0.717, 1.165) is 0 Å². The van der Waals surface area contributed by atoms with Gasteiger partial charge in [-0.3, -0.25) is 0 Å². The molecule has 0 heterocycles. The maximum Gasteiger partial charge on any atom is 0.458 e. The van der Waals surface area contributed by atoms with Gasteiger partial charge in [0.2, 0.25) is 0 Å². The quantitative estimate of drug-likeness (QED) is 0.664. The van der Waals surface area contributed by atoms with Crippen LogP contribution in [0.1, 0.15) is 6.92 Å². The number of ether oxygens (including phenoxy) is 1. The summed E-state index contributed by atoms with van der Waals surface area (Å²) in [5.74, 6) is 0. The first-order valence-electron chi connectivity index (χ1n) is 3.63. The van der Waals surface area contributed by atoms with Gasteiger partial charge in [-0.05, 0) is 13.5 Å². The second-order valence-electron chi connectivity index (χ2n) is 2.20. The second-order valence-corrected chi connectivity index (χ2v) is 5.16. The first-order valence-corrected chi connectivity index (χ1v) is 5.95. The highest BCUT2D eigenvalue weighted by atomic mass is 28.4. The summed E-state index contributed by atoms with van der Waals surface area (Å²) in [6, 6.07) is 0. The first-order chi connectivity index (χ1) is 5.58. The van der Waals surface area contributed by atoms with Crippen molar-refractivity contribution >= 4 is 14.8 Å². The third kappa shape index (κ3) is 3.70. The summed E-state index contributed by atoms with van der Waals surface area (Å²) in [7, 11) is 0.454. The Morgan fingerprint density at radius 2 is 1.92 bits per heavy atom. The molecule has 0 aliphatic heterocycles. The van der Waals surface area contributed by atoms with E-state index in [1.54, 1.807) is 13.5 Å². The zero-order chi connectivity index (χ0) is 9.61. The van der Waals surface area contributed by atoms with Crippen LogP contribution in [0, 0.1) is 0 Å². The minimum Gasteiger partial charge on any atom is -0.450 e. The fraction of sp³-hybridized carbons (Fsp3) is 0.833. The highest BCUT2D eigenvalue weighted by Crippen LogP contribution is 1.98. The van der Waals surface area contributed by atoms with E-state index in [4.69, 9.17) is 8.85 Å². The molecule has 0 aromatic heterocycles. The molecule has 0 rings (SSSR count). The van der Waals surface area contributed by atoms with Gasteiger partial charge in [-0.25, -0.2) is 4.79 Å². The van der Waals surface area contributed by atoms with Crippen LogP contribution in [-0.2, 0) is 13.6 Å². The third-order valence-corrected chi connectivity index (χ3v) is 3.60. The van der Waals surface area contributed by atoms with E-state index in [2.05, 4.69) is 9.72 Å². The predicted octanol–water partition coefficient (Wildman–Crippen LogP) is 0.594. The molecular formula is C6H15NO4Si. The Hall–Kier alpha value is -0.593. The molecule has 0 aromatic carbocycles. The van der Waals surface area contributed by atoms with Gasteiger partial charge in [0.25, 0.3) is 0 Å². The minimum absolute atomic E-state index is 0.337. The molecule has 0 aromatic rings. The van der Waals surface area contributed by atoms with Gasteiger partial charge in [-0.15, -0.1) is 0 Å². The summed E-state index contributed by atoms with van der Waals surface area (Å²) in [5.41, 5.74) is 0. The Balaban J connectivity index is 3.93. The summed E-state index contributed by atoms with van der Waals surface area (Å²) < 4.78 is 14.7. The molecule has 0 unspecified atom stereocenters. The zero-order valence-electron chi connectivity index (χ0n) is 7.84. The summed E-state index contributed by atoms with van der Waals surface area (Å²) in [5, 5.41) is 0. The molecule has 1 N–H and O–H groups in total. The monoisotopic (exact) mass is 193 g/mol. The SMILES string of the molecule is CCOC(=O)N[Si](C)(OC)OC. The Kier molecular flexibility index (Phi) is 4.87. The van der Waals surface area contributed by atoms with Crippen molar-refractivity contribution in [2.75, 3.05) is 20.8 Å². The van der Waals surface area contributed by atoms with Crippen molar-refractivity contribution in [3.63, 3.8) is 0 Å². The Morgan fingerprint density at radius 3 is 2.25 bits per heavy atom. The molecule has 72 valence electrons. The van der Waals surface area contributed by atoms with Crippen molar-refractivity contribution in [1.82, 2.24) is 4.98 Å². The molecular weight excluding hydrogens is 178 g/mol. The van der Waals surface area contributed by atoms with Crippen molar-refractivity contribution in [2.24, 2.45) is 0 Å². The van der Waals surface area contributed by atoms with Gasteiger partial charge in [0.15, 0.2) is 0 Å². The van der Waals surface area contributed by atoms with Gasteiger partial charge in [-0.1, -0.05) is 0 Å². The average molecular weight is 193 g/mol. The number of hydrogen-bond donors (Lipinski definition) is 1. The molecule has 0 atom stereocenters. The Morgan fingerprint density at radius 1 is 1.42 bits per heavy atom. The van der Waals surface area contributed by atoms with Crippen LogP contribution in [0.25, 0.3) is 0 Å². The molecule has 0 saturated heterocycles. The van der Waals surface area contributed by atoms with E-state index in [-0.39, 0.29) is 0 Å². The number of carbonyl (C=O) groups is 1. The highest BCUT2D eigenvalue weighted by Gasteiger charge is 2.32. The number of nitrogens with one attached hydrogen (secondary N) is 1. The van der Waals surface area contributed by atoms with Gasteiger partial charge in [0.1, 0.15) is 0 Å². The van der Waals surface area contributed by atoms with Gasteiger partial charge < -0.3 is 18.6 Å². The van der Waals surface area contributed by atoms with Crippen LogP contribution in [0.15, 0.2) is 0 Å². The second kappa shape index (κ2) is 5.12. The molecule has 0 aliphatic rings. The minimum atomic E-state index is -2.52. The zero-order valence-corrected chi connectivity index (χ0v) is 8.84. The van der Waals surface area contributed by atoms with Crippen molar-refractivity contribution < 1.29 is 18.4 Å². The fourth-order valence-corrected chi connectivity index (χ4v) is 1.35. The standard InChI is InChI=1S/C6H15NO4Si/c1-5-11-6(8)7-12(4,9-2)10-3/h5H2,1-4H3,(H,7,8). The normalized spacial score (nSPS) is 11.0. The van der Waals surface area contributed by atoms with Crippen LogP contribution in [0.3, 0.4) is 0 Å². The smallest absolute Gasteiger partial charge is 0.450 e. The van der Waals surface area contributed by atoms with Crippen LogP contribution in [0.5, 0.6) is 0 Å². The topological polar surface area (TPSA) is 56.8 Å². The molecule has 6 heteroatoms. The molecule has 12 heavy (non-hydrogen) atoms. The predicted molar refractivity (Wildman–Crippen MR) is 45.8 cm³/mol. The van der Waals surface area contributed by atoms with Gasteiger partial charge in [-0.2, -0.15) is 0 Å². The Bertz CT molecular complexity index is 148. The molecule has 5 nitrogen and oxygen atoms in total. The lowest BCUT2D eigenvalue weighted by atomic mass is 10.9. The van der Waals surface area contributed by atoms with E-state index in [1.807, 2.05) is 0 Å². The average Bonchev–Trinajstić information content (AvgIpc) is 2.05. The number of carbonyl (C=O) groups excluding carboxylic acids is 1. The maximum absolute atomic E-state index is 10.9. The van der Waals surface area contributed by atoms with Gasteiger partial charge in [0.05, 0.1) is 6.61 Å². The summed E-state index contributed by atoms with van der Waals surface area (Å²) in [6.45, 7) is 3.78. The van der Waals surface area contributed by atoms with E-state index in [9.17, 15) is 4.79 Å². The molecule has 0 bridgehead atoms. The molecule has 0 radical (unpaired) electrons. The fourth-order valence-electron chi connectivity index (χ4n) is 0.538. The molecule has 0 fully saturated rings. The van der Waals surface area contributed by atoms with E-state index < -0.39 is 14.8 Å². The summed E-state index contributed by atoms with van der Waals surface area (Å²) in [4.78, 5) is 13.4. The van der Waals surface area contributed by atoms with Crippen LogP contribution in [0.4, 0.5) is 4.79 Å². The van der Waals surface area contributed by atoms with E-state index in [0.29, 0.717) is 6.61 Å². The van der Waals surface area contributed by atoms with E-state index >= 15 is 0 Å². The lowest BCUT2D eigenvalue weighted by molar-refractivity contribution is 0.148. The number of hydrogen-bond acceptors (Lipinski definition) is 4. The van der Waals surface area contributed by atoms with Crippen molar-refractivity contribution in [3.8, 4) is 0 Å². The molecule has 0 spiro atoms. The van der Waals surface area contributed by atoms with Crippen LogP contribution in [-0.4, -0.2) is 35.6 Å². The summed E-state index contributed by atoms with van der Waals surface area (Å²) >= 11 is 0. The third-order valence-electron chi connectivity index (χ3n) is 1.38. The molecule has 0 saturated carbocycles. The van der Waals surface area contributed by atoms with Crippen molar-refractivity contribution in [3.05, 3.63) is 0 Å². The lowest BCUT2D eigenvalue weighted by Crippen LogP contribution is -2.54. The first kappa shape index (κ1) is 11.4. The van der Waals surface area contributed by atoms with Gasteiger partial charge >= 0.3 is 14.8 Å². The number of amides is 1. The van der Waals surface area contributed by atoms with E-state index in [1.165, 1.54) is 14.2 Å². The van der Waals surface area contributed by atoms with Crippen molar-refractivity contribution in [1.29, 1.82) is 0 Å².